The Labute approximate surface area is 133 Å². The first-order valence-corrected chi connectivity index (χ1v) is 7.23. The number of amides is 1. The lowest BCUT2D eigenvalue weighted by molar-refractivity contribution is 0.211. The van der Waals surface area contributed by atoms with E-state index in [0.717, 1.165) is 23.4 Å². The van der Waals surface area contributed by atoms with Crippen LogP contribution in [0.2, 0.25) is 0 Å². The fourth-order valence-corrected chi connectivity index (χ4v) is 2.47. The van der Waals surface area contributed by atoms with Crippen LogP contribution in [0.1, 0.15) is 5.56 Å². The molecule has 0 aliphatic carbocycles. The summed E-state index contributed by atoms with van der Waals surface area (Å²) >= 11 is 0. The summed E-state index contributed by atoms with van der Waals surface area (Å²) in [6.07, 6.45) is -0.852. The number of hydrogen-bond donors (Lipinski definition) is 2. The maximum absolute atomic E-state index is 11.0. The molecule has 6 heteroatoms. The van der Waals surface area contributed by atoms with E-state index in [1.807, 2.05) is 32.3 Å². The highest BCUT2D eigenvalue weighted by atomic mass is 16.5. The Morgan fingerprint density at radius 1 is 1.22 bits per heavy atom. The van der Waals surface area contributed by atoms with E-state index >= 15 is 0 Å². The zero-order valence-electron chi connectivity index (χ0n) is 13.0. The van der Waals surface area contributed by atoms with E-state index < -0.39 is 6.09 Å². The predicted molar refractivity (Wildman–Crippen MR) is 89.1 cm³/mol. The molecule has 0 spiro atoms. The molecule has 3 rings (SSSR count). The molecule has 1 amide bonds. The minimum atomic E-state index is -0.852. The van der Waals surface area contributed by atoms with Gasteiger partial charge in [0.25, 0.3) is 0 Å². The van der Waals surface area contributed by atoms with Crippen molar-refractivity contribution in [3.8, 4) is 17.1 Å². The van der Waals surface area contributed by atoms with E-state index in [0.29, 0.717) is 11.3 Å². The number of rotatable bonds is 4. The van der Waals surface area contributed by atoms with Gasteiger partial charge in [-0.1, -0.05) is 30.3 Å². The molecular weight excluding hydrogens is 292 g/mol. The lowest BCUT2D eigenvalue weighted by Crippen LogP contribution is -2.16. The van der Waals surface area contributed by atoms with E-state index in [2.05, 4.69) is 27.0 Å². The third kappa shape index (κ3) is 3.32. The molecule has 3 aromatic rings. The average Bonchev–Trinajstić information content (AvgIpc) is 2.92. The highest BCUT2D eigenvalue weighted by Crippen LogP contribution is 2.27. The van der Waals surface area contributed by atoms with Gasteiger partial charge in [-0.25, -0.2) is 9.78 Å². The number of primary amides is 1. The van der Waals surface area contributed by atoms with Crippen LogP contribution in [-0.4, -0.2) is 35.1 Å². The van der Waals surface area contributed by atoms with Gasteiger partial charge in [-0.05, 0) is 31.8 Å². The van der Waals surface area contributed by atoms with Crippen LogP contribution < -0.4 is 10.5 Å². The van der Waals surface area contributed by atoms with Gasteiger partial charge in [-0.15, -0.1) is 0 Å². The van der Waals surface area contributed by atoms with Crippen LogP contribution >= 0.6 is 0 Å². The van der Waals surface area contributed by atoms with Gasteiger partial charge < -0.3 is 20.4 Å². The summed E-state index contributed by atoms with van der Waals surface area (Å²) in [6.45, 7) is 0.886. The van der Waals surface area contributed by atoms with Gasteiger partial charge in [-0.3, -0.25) is 0 Å². The third-order valence-electron chi connectivity index (χ3n) is 3.41. The number of nitrogens with two attached hydrogens (primary N) is 1. The highest BCUT2D eigenvalue weighted by molar-refractivity contribution is 5.87. The summed E-state index contributed by atoms with van der Waals surface area (Å²) in [5.41, 5.74) is 8.65. The largest absolute Gasteiger partial charge is 0.410 e. The summed E-state index contributed by atoms with van der Waals surface area (Å²) in [7, 11) is 4.07. The predicted octanol–water partition coefficient (Wildman–Crippen LogP) is 2.75. The number of fused-ring (bicyclic) bond motifs is 1. The van der Waals surface area contributed by atoms with Crippen LogP contribution in [0.5, 0.6) is 5.75 Å². The summed E-state index contributed by atoms with van der Waals surface area (Å²) < 4.78 is 4.99. The maximum Gasteiger partial charge on any atom is 0.410 e. The van der Waals surface area contributed by atoms with Crippen molar-refractivity contribution < 1.29 is 9.53 Å². The van der Waals surface area contributed by atoms with Crippen LogP contribution in [0, 0.1) is 0 Å². The topological polar surface area (TPSA) is 84.2 Å². The Morgan fingerprint density at radius 2 is 1.96 bits per heavy atom. The third-order valence-corrected chi connectivity index (χ3v) is 3.41. The number of nitrogens with one attached hydrogen (secondary N) is 1. The fraction of sp³-hybridized carbons (Fsp3) is 0.176. The quantitative estimate of drug-likeness (QED) is 0.776. The number of aromatic nitrogens is 2. The number of imidazole rings is 1. The zero-order valence-corrected chi connectivity index (χ0v) is 13.0. The van der Waals surface area contributed by atoms with E-state index in [4.69, 9.17) is 10.5 Å². The van der Waals surface area contributed by atoms with Crippen molar-refractivity contribution in [3.63, 3.8) is 0 Å². The second-order valence-electron chi connectivity index (χ2n) is 5.59. The number of carbonyl (C=O) groups is 1. The molecule has 2 aromatic carbocycles. The molecular formula is C17H18N4O2. The van der Waals surface area contributed by atoms with Crippen molar-refractivity contribution in [2.75, 3.05) is 14.1 Å². The van der Waals surface area contributed by atoms with Gasteiger partial charge in [-0.2, -0.15) is 0 Å². The molecule has 0 saturated heterocycles. The minimum Gasteiger partial charge on any atom is -0.408 e. The number of para-hydroxylation sites is 1. The lowest BCUT2D eigenvalue weighted by Gasteiger charge is -2.09. The number of H-pyrrole nitrogens is 1. The molecule has 0 bridgehead atoms. The fourth-order valence-electron chi connectivity index (χ4n) is 2.47. The number of hydrogen-bond acceptors (Lipinski definition) is 4. The number of carbonyl (C=O) groups excluding carboxylic acids is 1. The first-order valence-electron chi connectivity index (χ1n) is 7.23. The van der Waals surface area contributed by atoms with Crippen LogP contribution in [0.15, 0.2) is 42.5 Å². The van der Waals surface area contributed by atoms with Gasteiger partial charge in [0, 0.05) is 12.1 Å². The summed E-state index contributed by atoms with van der Waals surface area (Å²) in [5.74, 6) is 1.07. The van der Waals surface area contributed by atoms with Crippen LogP contribution in [0.3, 0.4) is 0 Å². The van der Waals surface area contributed by atoms with Crippen molar-refractivity contribution in [1.82, 2.24) is 14.9 Å². The molecule has 6 nitrogen and oxygen atoms in total. The molecule has 118 valence electrons. The monoisotopic (exact) mass is 310 g/mol. The van der Waals surface area contributed by atoms with Gasteiger partial charge in [0.05, 0.1) is 5.52 Å². The molecule has 0 atom stereocenters. The summed E-state index contributed by atoms with van der Waals surface area (Å²) in [4.78, 5) is 20.8. The van der Waals surface area contributed by atoms with Crippen LogP contribution in [0.4, 0.5) is 4.79 Å². The molecule has 0 aliphatic rings. The van der Waals surface area contributed by atoms with Gasteiger partial charge in [0.1, 0.15) is 11.3 Å². The Balaban J connectivity index is 1.95. The standard InChI is InChI=1S/C17H18N4O2/c1-21(2)10-11-6-8-12(9-7-11)16-19-13-4-3-5-14(15(13)20-16)23-17(18)22/h3-9H,10H2,1-2H3,(H2,18,22)(H,19,20). The van der Waals surface area contributed by atoms with Crippen molar-refractivity contribution >= 4 is 17.1 Å². The summed E-state index contributed by atoms with van der Waals surface area (Å²) in [6, 6.07) is 13.5. The Morgan fingerprint density at radius 3 is 2.61 bits per heavy atom. The van der Waals surface area contributed by atoms with Gasteiger partial charge in [0.2, 0.25) is 0 Å². The van der Waals surface area contributed by atoms with Crippen molar-refractivity contribution in [2.24, 2.45) is 5.73 Å². The van der Waals surface area contributed by atoms with Crippen LogP contribution in [-0.2, 0) is 6.54 Å². The molecule has 0 radical (unpaired) electrons. The van der Waals surface area contributed by atoms with E-state index in [1.54, 1.807) is 12.1 Å². The molecule has 23 heavy (non-hydrogen) atoms. The molecule has 1 aromatic heterocycles. The maximum atomic E-state index is 11.0. The molecule has 0 fully saturated rings. The average molecular weight is 310 g/mol. The molecule has 0 unspecified atom stereocenters. The number of benzene rings is 2. The number of nitrogens with zero attached hydrogens (tertiary/aromatic N) is 2. The van der Waals surface area contributed by atoms with Crippen LogP contribution in [0.25, 0.3) is 22.4 Å². The Kier molecular flexibility index (Phi) is 3.99. The summed E-state index contributed by atoms with van der Waals surface area (Å²) in [5, 5.41) is 0. The molecule has 0 aliphatic heterocycles. The normalized spacial score (nSPS) is 11.1. The zero-order chi connectivity index (χ0) is 16.4. The molecule has 3 N–H and O–H groups in total. The molecule has 1 heterocycles. The van der Waals surface area contributed by atoms with E-state index in [-0.39, 0.29) is 0 Å². The second-order valence-corrected chi connectivity index (χ2v) is 5.59. The van der Waals surface area contributed by atoms with Gasteiger partial charge >= 0.3 is 6.09 Å². The van der Waals surface area contributed by atoms with Crippen molar-refractivity contribution in [1.29, 1.82) is 0 Å². The molecule has 0 saturated carbocycles. The number of ether oxygens (including phenoxy) is 1. The Hall–Kier alpha value is -2.86. The lowest BCUT2D eigenvalue weighted by atomic mass is 10.1. The first-order chi connectivity index (χ1) is 11.0. The van der Waals surface area contributed by atoms with Crippen molar-refractivity contribution in [2.45, 2.75) is 6.54 Å². The SMILES string of the molecule is CN(C)Cc1ccc(-c2nc3c(OC(N)=O)cccc3[nH]2)cc1. The van der Waals surface area contributed by atoms with Gasteiger partial charge in [0.15, 0.2) is 5.75 Å². The second kappa shape index (κ2) is 6.10. The number of aromatic amines is 1. The van der Waals surface area contributed by atoms with Crippen molar-refractivity contribution in [3.05, 3.63) is 48.0 Å². The van der Waals surface area contributed by atoms with E-state index in [9.17, 15) is 4.79 Å². The smallest absolute Gasteiger partial charge is 0.408 e. The van der Waals surface area contributed by atoms with E-state index in [1.165, 1.54) is 5.56 Å². The minimum absolute atomic E-state index is 0.349. The Bertz CT molecular complexity index is 837. The highest BCUT2D eigenvalue weighted by Gasteiger charge is 2.11. The first kappa shape index (κ1) is 15.1.